The van der Waals surface area contributed by atoms with Crippen molar-refractivity contribution in [2.24, 2.45) is 5.73 Å². The Morgan fingerprint density at radius 3 is 3.00 bits per heavy atom. The minimum Gasteiger partial charge on any atom is -0.326 e. The Balaban J connectivity index is 1.88. The molecule has 0 aliphatic carbocycles. The molecule has 0 spiro atoms. The Morgan fingerprint density at radius 2 is 2.32 bits per heavy atom. The minimum absolute atomic E-state index is 0.237. The van der Waals surface area contributed by atoms with E-state index in [1.807, 2.05) is 12.3 Å². The lowest BCUT2D eigenvalue weighted by molar-refractivity contribution is 0.552. The molecular weight excluding hydrogens is 284 g/mol. The number of hydrogen-bond acceptors (Lipinski definition) is 5. The Kier molecular flexibility index (Phi) is 4.70. The summed E-state index contributed by atoms with van der Waals surface area (Å²) in [4.78, 5) is 0.971. The zero-order valence-corrected chi connectivity index (χ0v) is 12.0. The fourth-order valence-corrected chi connectivity index (χ4v) is 4.08. The van der Waals surface area contributed by atoms with Gasteiger partial charge >= 0.3 is 0 Å². The van der Waals surface area contributed by atoms with Gasteiger partial charge in [-0.25, -0.2) is 13.1 Å². The number of nitrogens with zero attached hydrogens (tertiary/aromatic N) is 2. The third kappa shape index (κ3) is 3.63. The van der Waals surface area contributed by atoms with Crippen LogP contribution in [-0.2, 0) is 23.1 Å². The summed E-state index contributed by atoms with van der Waals surface area (Å²) >= 11 is 1.36. The van der Waals surface area contributed by atoms with E-state index < -0.39 is 10.0 Å². The lowest BCUT2D eigenvalue weighted by Crippen LogP contribution is -2.26. The first-order valence-electron chi connectivity index (χ1n) is 5.87. The monoisotopic (exact) mass is 300 g/mol. The van der Waals surface area contributed by atoms with Crippen LogP contribution in [0.25, 0.3) is 0 Å². The Labute approximate surface area is 116 Å². The second-order valence-electron chi connectivity index (χ2n) is 3.93. The van der Waals surface area contributed by atoms with E-state index in [0.29, 0.717) is 29.3 Å². The van der Waals surface area contributed by atoms with Crippen molar-refractivity contribution in [1.82, 2.24) is 14.5 Å². The van der Waals surface area contributed by atoms with Crippen molar-refractivity contribution < 1.29 is 8.42 Å². The molecule has 2 aromatic rings. The lowest BCUT2D eigenvalue weighted by Gasteiger charge is -2.07. The summed E-state index contributed by atoms with van der Waals surface area (Å²) in [7, 11) is -3.45. The van der Waals surface area contributed by atoms with Crippen LogP contribution >= 0.6 is 11.3 Å². The van der Waals surface area contributed by atoms with Crippen molar-refractivity contribution in [2.45, 2.75) is 24.4 Å². The molecule has 2 heterocycles. The normalized spacial score (nSPS) is 11.8. The molecule has 0 amide bonds. The van der Waals surface area contributed by atoms with Gasteiger partial charge in [-0.15, -0.1) is 11.3 Å². The third-order valence-electron chi connectivity index (χ3n) is 2.59. The van der Waals surface area contributed by atoms with E-state index in [1.165, 1.54) is 11.3 Å². The van der Waals surface area contributed by atoms with Crippen molar-refractivity contribution in [1.29, 1.82) is 0 Å². The van der Waals surface area contributed by atoms with Gasteiger partial charge in [-0.1, -0.05) is 0 Å². The maximum atomic E-state index is 12.1. The topological polar surface area (TPSA) is 90.0 Å². The summed E-state index contributed by atoms with van der Waals surface area (Å²) in [6, 6.07) is 3.42. The van der Waals surface area contributed by atoms with E-state index in [0.717, 1.165) is 0 Å². The second kappa shape index (κ2) is 6.29. The average Bonchev–Trinajstić information content (AvgIpc) is 3.05. The van der Waals surface area contributed by atoms with Crippen molar-refractivity contribution in [2.75, 3.05) is 6.54 Å². The summed E-state index contributed by atoms with van der Waals surface area (Å²) in [6.45, 7) is 1.30. The number of aromatic nitrogens is 2. The number of nitrogens with two attached hydrogens (primary N) is 1. The van der Waals surface area contributed by atoms with Crippen LogP contribution in [0.2, 0.25) is 0 Å². The number of thiophene rings is 1. The summed E-state index contributed by atoms with van der Waals surface area (Å²) < 4.78 is 28.5. The van der Waals surface area contributed by atoms with Crippen molar-refractivity contribution >= 4 is 21.4 Å². The molecule has 3 N–H and O–H groups in total. The van der Waals surface area contributed by atoms with Crippen molar-refractivity contribution in [3.63, 3.8) is 0 Å². The molecule has 0 aromatic carbocycles. The molecule has 8 heteroatoms. The smallest absolute Gasteiger partial charge is 0.241 e. The maximum Gasteiger partial charge on any atom is 0.241 e. The molecule has 0 bridgehead atoms. The summed E-state index contributed by atoms with van der Waals surface area (Å²) in [6.07, 6.45) is 4.23. The first kappa shape index (κ1) is 14.2. The highest BCUT2D eigenvalue weighted by Crippen LogP contribution is 2.20. The van der Waals surface area contributed by atoms with Gasteiger partial charge < -0.3 is 5.73 Å². The van der Waals surface area contributed by atoms with Gasteiger partial charge in [0.25, 0.3) is 0 Å². The lowest BCUT2D eigenvalue weighted by atomic mass is 10.4. The van der Waals surface area contributed by atoms with Gasteiger partial charge in [0, 0.05) is 36.9 Å². The van der Waals surface area contributed by atoms with Gasteiger partial charge in [-0.2, -0.15) is 5.10 Å². The first-order valence-corrected chi connectivity index (χ1v) is 8.23. The number of nitrogens with one attached hydrogen (secondary N) is 1. The van der Waals surface area contributed by atoms with Gasteiger partial charge in [0.1, 0.15) is 0 Å². The molecule has 0 radical (unpaired) electrons. The largest absolute Gasteiger partial charge is 0.326 e. The molecule has 0 unspecified atom stereocenters. The van der Waals surface area contributed by atoms with E-state index in [2.05, 4.69) is 9.82 Å². The second-order valence-corrected chi connectivity index (χ2v) is 6.67. The third-order valence-corrected chi connectivity index (χ3v) is 5.21. The van der Waals surface area contributed by atoms with Crippen LogP contribution in [0.4, 0.5) is 0 Å². The van der Waals surface area contributed by atoms with Crippen LogP contribution in [0.15, 0.2) is 34.8 Å². The van der Waals surface area contributed by atoms with Gasteiger partial charge in [0.2, 0.25) is 10.0 Å². The molecule has 6 nitrogen and oxygen atoms in total. The van der Waals surface area contributed by atoms with E-state index >= 15 is 0 Å². The Bertz CT molecular complexity index is 604. The molecule has 2 aromatic heterocycles. The van der Waals surface area contributed by atoms with Gasteiger partial charge in [0.15, 0.2) is 0 Å². The highest BCUT2D eigenvalue weighted by Gasteiger charge is 2.18. The standard InChI is InChI=1S/C11H16N4O2S2/c12-9-10-11(3-8-18-10)19(16,17)14-5-2-7-15-6-1-4-13-15/h1,3-4,6,8,14H,2,5,7,9,12H2. The van der Waals surface area contributed by atoms with Gasteiger partial charge in [-0.05, 0) is 23.9 Å². The van der Waals surface area contributed by atoms with E-state index in [1.54, 1.807) is 22.3 Å². The van der Waals surface area contributed by atoms with Crippen LogP contribution < -0.4 is 10.5 Å². The van der Waals surface area contributed by atoms with E-state index in [9.17, 15) is 8.42 Å². The molecule has 0 aliphatic heterocycles. The molecule has 0 atom stereocenters. The predicted molar refractivity (Wildman–Crippen MR) is 74.2 cm³/mol. The SMILES string of the molecule is NCc1sccc1S(=O)(=O)NCCCn1cccn1. The zero-order valence-electron chi connectivity index (χ0n) is 10.3. The summed E-state index contributed by atoms with van der Waals surface area (Å²) in [5.74, 6) is 0. The van der Waals surface area contributed by atoms with Crippen molar-refractivity contribution in [3.05, 3.63) is 34.8 Å². The highest BCUT2D eigenvalue weighted by molar-refractivity contribution is 7.89. The number of hydrogen-bond donors (Lipinski definition) is 2. The minimum atomic E-state index is -3.45. The average molecular weight is 300 g/mol. The molecule has 0 aliphatic rings. The maximum absolute atomic E-state index is 12.1. The van der Waals surface area contributed by atoms with Crippen LogP contribution in [0, 0.1) is 0 Å². The van der Waals surface area contributed by atoms with Gasteiger partial charge in [-0.3, -0.25) is 4.68 Å². The Morgan fingerprint density at radius 1 is 1.47 bits per heavy atom. The Hall–Kier alpha value is -1.22. The molecule has 0 fully saturated rings. The number of aryl methyl sites for hydroxylation is 1. The predicted octanol–water partition coefficient (Wildman–Crippen LogP) is 0.772. The van der Waals surface area contributed by atoms with Crippen LogP contribution in [0.5, 0.6) is 0 Å². The quantitative estimate of drug-likeness (QED) is 0.739. The molecule has 19 heavy (non-hydrogen) atoms. The van der Waals surface area contributed by atoms with E-state index in [-0.39, 0.29) is 6.54 Å². The number of rotatable bonds is 7. The van der Waals surface area contributed by atoms with E-state index in [4.69, 9.17) is 5.73 Å². The summed E-state index contributed by atoms with van der Waals surface area (Å²) in [5.41, 5.74) is 5.52. The zero-order chi connectivity index (χ0) is 13.7. The number of sulfonamides is 1. The molecule has 0 saturated carbocycles. The van der Waals surface area contributed by atoms with Crippen LogP contribution in [-0.4, -0.2) is 24.7 Å². The van der Waals surface area contributed by atoms with Crippen molar-refractivity contribution in [3.8, 4) is 0 Å². The van der Waals surface area contributed by atoms with Crippen LogP contribution in [0.3, 0.4) is 0 Å². The molecular formula is C11H16N4O2S2. The molecule has 0 saturated heterocycles. The van der Waals surface area contributed by atoms with Crippen LogP contribution in [0.1, 0.15) is 11.3 Å². The first-order chi connectivity index (χ1) is 9.13. The summed E-state index contributed by atoms with van der Waals surface area (Å²) in [5, 5.41) is 5.79. The molecule has 2 rings (SSSR count). The molecule has 104 valence electrons. The fraction of sp³-hybridized carbons (Fsp3) is 0.364. The fourth-order valence-electron chi connectivity index (χ4n) is 1.68. The van der Waals surface area contributed by atoms with Gasteiger partial charge in [0.05, 0.1) is 4.90 Å². The highest BCUT2D eigenvalue weighted by atomic mass is 32.2.